The van der Waals surface area contributed by atoms with Crippen LogP contribution in [0.5, 0.6) is 0 Å². The molecule has 0 spiro atoms. The molecule has 2 heterocycles. The molecule has 0 saturated carbocycles. The molecule has 0 bridgehead atoms. The van der Waals surface area contributed by atoms with Crippen LogP contribution in [0.2, 0.25) is 0 Å². The third-order valence-corrected chi connectivity index (χ3v) is 3.98. The highest BCUT2D eigenvalue weighted by Gasteiger charge is 2.60. The average Bonchev–Trinajstić information content (AvgIpc) is 2.95. The van der Waals surface area contributed by atoms with Crippen LogP contribution in [0, 0.1) is 0 Å². The standard InChI is InChI=1S/C14H16F2N2O2/c15-11-7-18(12-6-17-9-14(11,12)16)13(19)20-8-10-4-2-1-3-5-10/h1-5,11-12,17H,6-9H2/t11?,12-,14+/m1/s1. The van der Waals surface area contributed by atoms with Crippen molar-refractivity contribution in [2.45, 2.75) is 24.5 Å². The summed E-state index contributed by atoms with van der Waals surface area (Å²) in [6.45, 7) is 0.0711. The lowest BCUT2D eigenvalue weighted by molar-refractivity contribution is 0.0709. The second kappa shape index (κ2) is 5.01. The number of amides is 1. The van der Waals surface area contributed by atoms with E-state index in [-0.39, 0.29) is 26.2 Å². The van der Waals surface area contributed by atoms with E-state index in [9.17, 15) is 13.6 Å². The second-order valence-corrected chi connectivity index (χ2v) is 5.23. The summed E-state index contributed by atoms with van der Waals surface area (Å²) < 4.78 is 33.3. The van der Waals surface area contributed by atoms with Gasteiger partial charge in [-0.2, -0.15) is 0 Å². The maximum Gasteiger partial charge on any atom is 0.410 e. The number of alkyl halides is 2. The van der Waals surface area contributed by atoms with Crippen LogP contribution in [0.25, 0.3) is 0 Å². The number of hydrogen-bond donors (Lipinski definition) is 1. The Hall–Kier alpha value is -1.69. The van der Waals surface area contributed by atoms with E-state index in [4.69, 9.17) is 4.74 Å². The molecule has 3 atom stereocenters. The summed E-state index contributed by atoms with van der Waals surface area (Å²) in [5, 5.41) is 2.79. The van der Waals surface area contributed by atoms with Crippen molar-refractivity contribution < 1.29 is 18.3 Å². The van der Waals surface area contributed by atoms with Gasteiger partial charge in [0.1, 0.15) is 6.61 Å². The lowest BCUT2D eigenvalue weighted by Gasteiger charge is -2.24. The van der Waals surface area contributed by atoms with Crippen LogP contribution in [-0.2, 0) is 11.3 Å². The Balaban J connectivity index is 1.63. The fraction of sp³-hybridized carbons (Fsp3) is 0.500. The van der Waals surface area contributed by atoms with Crippen molar-refractivity contribution in [2.75, 3.05) is 19.6 Å². The Labute approximate surface area is 115 Å². The number of fused-ring (bicyclic) bond motifs is 1. The number of hydrogen-bond acceptors (Lipinski definition) is 3. The van der Waals surface area contributed by atoms with Gasteiger partial charge in [-0.15, -0.1) is 0 Å². The summed E-state index contributed by atoms with van der Waals surface area (Å²) >= 11 is 0. The van der Waals surface area contributed by atoms with Crippen LogP contribution >= 0.6 is 0 Å². The lowest BCUT2D eigenvalue weighted by atomic mass is 9.99. The summed E-state index contributed by atoms with van der Waals surface area (Å²) in [6.07, 6.45) is -2.32. The Bertz CT molecular complexity index is 499. The molecule has 2 aliphatic heterocycles. The van der Waals surface area contributed by atoms with Gasteiger partial charge in [0, 0.05) is 13.1 Å². The summed E-state index contributed by atoms with van der Waals surface area (Å²) in [6, 6.07) is 8.41. The van der Waals surface area contributed by atoms with Crippen molar-refractivity contribution in [3.05, 3.63) is 35.9 Å². The predicted molar refractivity (Wildman–Crippen MR) is 68.7 cm³/mol. The predicted octanol–water partition coefficient (Wildman–Crippen LogP) is 1.66. The number of rotatable bonds is 2. The third-order valence-electron chi connectivity index (χ3n) is 3.98. The quantitative estimate of drug-likeness (QED) is 0.897. The molecule has 1 N–H and O–H groups in total. The first-order valence-corrected chi connectivity index (χ1v) is 6.62. The summed E-state index contributed by atoms with van der Waals surface area (Å²) in [5.74, 6) is 0. The molecule has 0 radical (unpaired) electrons. The molecule has 1 aromatic carbocycles. The van der Waals surface area contributed by atoms with E-state index in [1.54, 1.807) is 0 Å². The van der Waals surface area contributed by atoms with E-state index in [1.165, 1.54) is 0 Å². The van der Waals surface area contributed by atoms with Gasteiger partial charge in [-0.3, -0.25) is 4.90 Å². The first kappa shape index (κ1) is 13.3. The highest BCUT2D eigenvalue weighted by atomic mass is 19.2. The molecule has 1 amide bonds. The topological polar surface area (TPSA) is 41.6 Å². The number of carbonyl (C=O) groups is 1. The van der Waals surface area contributed by atoms with E-state index in [2.05, 4.69) is 5.32 Å². The van der Waals surface area contributed by atoms with Gasteiger partial charge in [0.25, 0.3) is 0 Å². The molecular weight excluding hydrogens is 266 g/mol. The second-order valence-electron chi connectivity index (χ2n) is 5.23. The van der Waals surface area contributed by atoms with E-state index in [1.807, 2.05) is 30.3 Å². The van der Waals surface area contributed by atoms with Gasteiger partial charge in [0.2, 0.25) is 0 Å². The fourth-order valence-corrected chi connectivity index (χ4v) is 2.83. The molecule has 4 nitrogen and oxygen atoms in total. The maximum atomic E-state index is 14.4. The van der Waals surface area contributed by atoms with Gasteiger partial charge in [-0.05, 0) is 5.56 Å². The van der Waals surface area contributed by atoms with E-state index < -0.39 is 24.0 Å². The molecule has 2 fully saturated rings. The monoisotopic (exact) mass is 282 g/mol. The van der Waals surface area contributed by atoms with Crippen LogP contribution in [0.3, 0.4) is 0 Å². The zero-order valence-corrected chi connectivity index (χ0v) is 10.9. The minimum Gasteiger partial charge on any atom is -0.445 e. The minimum atomic E-state index is -1.98. The Morgan fingerprint density at radius 2 is 2.20 bits per heavy atom. The molecule has 0 aliphatic carbocycles. The third kappa shape index (κ3) is 2.14. The molecule has 6 heteroatoms. The van der Waals surface area contributed by atoms with Crippen LogP contribution in [0.1, 0.15) is 5.56 Å². The van der Waals surface area contributed by atoms with Gasteiger partial charge in [0.05, 0.1) is 12.6 Å². The number of nitrogens with one attached hydrogen (secondary N) is 1. The first-order valence-electron chi connectivity index (χ1n) is 6.62. The molecule has 2 aliphatic rings. The van der Waals surface area contributed by atoms with E-state index in [0.717, 1.165) is 10.5 Å². The molecule has 0 aromatic heterocycles. The molecule has 1 aromatic rings. The van der Waals surface area contributed by atoms with Crippen molar-refractivity contribution in [3.8, 4) is 0 Å². The SMILES string of the molecule is O=C(OCc1ccccc1)N1CC(F)[C@@]2(F)CNC[C@@H]12. The number of likely N-dealkylation sites (tertiary alicyclic amines) is 1. The van der Waals surface area contributed by atoms with Crippen LogP contribution in [0.15, 0.2) is 30.3 Å². The summed E-state index contributed by atoms with van der Waals surface area (Å²) in [5.41, 5.74) is -1.14. The lowest BCUT2D eigenvalue weighted by Crippen LogP contribution is -2.45. The first-order chi connectivity index (χ1) is 9.61. The number of nitrogens with zero attached hydrogens (tertiary/aromatic N) is 1. The van der Waals surface area contributed by atoms with E-state index in [0.29, 0.717) is 0 Å². The Kier molecular flexibility index (Phi) is 3.33. The molecule has 1 unspecified atom stereocenters. The highest BCUT2D eigenvalue weighted by Crippen LogP contribution is 2.37. The zero-order chi connectivity index (χ0) is 14.2. The summed E-state index contributed by atoms with van der Waals surface area (Å²) in [4.78, 5) is 13.2. The Morgan fingerprint density at radius 3 is 2.95 bits per heavy atom. The molecule has 108 valence electrons. The highest BCUT2D eigenvalue weighted by molar-refractivity contribution is 5.69. The van der Waals surface area contributed by atoms with Gasteiger partial charge in [-0.25, -0.2) is 13.6 Å². The van der Waals surface area contributed by atoms with Crippen LogP contribution in [-0.4, -0.2) is 48.5 Å². The minimum absolute atomic E-state index is 0.0543. The van der Waals surface area contributed by atoms with Gasteiger partial charge in [0.15, 0.2) is 11.8 Å². The molecule has 2 saturated heterocycles. The van der Waals surface area contributed by atoms with Crippen molar-refractivity contribution in [1.82, 2.24) is 10.2 Å². The van der Waals surface area contributed by atoms with Crippen molar-refractivity contribution in [3.63, 3.8) is 0 Å². The largest absolute Gasteiger partial charge is 0.445 e. The van der Waals surface area contributed by atoms with Crippen LogP contribution < -0.4 is 5.32 Å². The van der Waals surface area contributed by atoms with Crippen molar-refractivity contribution >= 4 is 6.09 Å². The zero-order valence-electron chi connectivity index (χ0n) is 10.9. The van der Waals surface area contributed by atoms with Gasteiger partial charge >= 0.3 is 6.09 Å². The normalized spacial score (nSPS) is 32.2. The average molecular weight is 282 g/mol. The smallest absolute Gasteiger partial charge is 0.410 e. The van der Waals surface area contributed by atoms with Gasteiger partial charge < -0.3 is 10.1 Å². The fourth-order valence-electron chi connectivity index (χ4n) is 2.83. The van der Waals surface area contributed by atoms with E-state index >= 15 is 0 Å². The number of benzene rings is 1. The maximum absolute atomic E-state index is 14.4. The van der Waals surface area contributed by atoms with Crippen molar-refractivity contribution in [1.29, 1.82) is 0 Å². The molecular formula is C14H16F2N2O2. The Morgan fingerprint density at radius 1 is 1.45 bits per heavy atom. The molecule has 20 heavy (non-hydrogen) atoms. The number of ether oxygens (including phenoxy) is 1. The van der Waals surface area contributed by atoms with Crippen molar-refractivity contribution in [2.24, 2.45) is 0 Å². The number of carbonyl (C=O) groups excluding carboxylic acids is 1. The summed E-state index contributed by atoms with van der Waals surface area (Å²) in [7, 11) is 0. The van der Waals surface area contributed by atoms with Crippen LogP contribution in [0.4, 0.5) is 13.6 Å². The number of halogens is 2. The van der Waals surface area contributed by atoms with Gasteiger partial charge in [-0.1, -0.05) is 30.3 Å². The molecule has 3 rings (SSSR count).